The molecule has 1 aromatic rings. The Morgan fingerprint density at radius 2 is 2.00 bits per heavy atom. The zero-order chi connectivity index (χ0) is 12.8. The average molecular weight is 297 g/mol. The van der Waals surface area contributed by atoms with Crippen molar-refractivity contribution in [3.05, 3.63) is 26.7 Å². The SMILES string of the molecule is Cc1c(Br)c(C)c2c(c1CC=O)OC(C)(C)C2. The van der Waals surface area contributed by atoms with Crippen LogP contribution >= 0.6 is 15.9 Å². The van der Waals surface area contributed by atoms with Gasteiger partial charge in [-0.25, -0.2) is 0 Å². The topological polar surface area (TPSA) is 26.3 Å². The molecule has 0 bridgehead atoms. The summed E-state index contributed by atoms with van der Waals surface area (Å²) in [4.78, 5) is 10.8. The zero-order valence-corrected chi connectivity index (χ0v) is 12.3. The summed E-state index contributed by atoms with van der Waals surface area (Å²) < 4.78 is 7.12. The number of carbonyl (C=O) groups is 1. The molecule has 0 aromatic heterocycles. The van der Waals surface area contributed by atoms with Crippen molar-refractivity contribution in [2.45, 2.75) is 46.1 Å². The maximum atomic E-state index is 10.8. The van der Waals surface area contributed by atoms with Crippen LogP contribution in [0.25, 0.3) is 0 Å². The number of carbonyl (C=O) groups excluding carboxylic acids is 1. The van der Waals surface area contributed by atoms with E-state index < -0.39 is 0 Å². The predicted molar refractivity (Wildman–Crippen MR) is 71.8 cm³/mol. The van der Waals surface area contributed by atoms with E-state index >= 15 is 0 Å². The molecule has 0 aliphatic carbocycles. The summed E-state index contributed by atoms with van der Waals surface area (Å²) in [6.07, 6.45) is 2.26. The molecule has 2 rings (SSSR count). The normalized spacial score (nSPS) is 16.5. The van der Waals surface area contributed by atoms with Crippen molar-refractivity contribution in [3.8, 4) is 5.75 Å². The fourth-order valence-corrected chi connectivity index (χ4v) is 2.95. The number of halogens is 1. The van der Waals surface area contributed by atoms with Crippen molar-refractivity contribution in [1.29, 1.82) is 0 Å². The monoisotopic (exact) mass is 296 g/mol. The lowest BCUT2D eigenvalue weighted by Crippen LogP contribution is -2.25. The van der Waals surface area contributed by atoms with Crippen LogP contribution < -0.4 is 4.74 Å². The van der Waals surface area contributed by atoms with Crippen LogP contribution in [-0.2, 0) is 17.6 Å². The minimum absolute atomic E-state index is 0.169. The molecule has 0 amide bonds. The van der Waals surface area contributed by atoms with Crippen LogP contribution in [0.3, 0.4) is 0 Å². The Kier molecular flexibility index (Phi) is 3.06. The summed E-state index contributed by atoms with van der Waals surface area (Å²) >= 11 is 3.62. The Bertz CT molecular complexity index is 490. The molecule has 1 aliphatic heterocycles. The van der Waals surface area contributed by atoms with E-state index in [0.717, 1.165) is 34.1 Å². The number of hydrogen-bond acceptors (Lipinski definition) is 2. The Hall–Kier alpha value is -0.830. The molecular weight excluding hydrogens is 280 g/mol. The highest BCUT2D eigenvalue weighted by molar-refractivity contribution is 9.10. The van der Waals surface area contributed by atoms with Crippen molar-refractivity contribution in [3.63, 3.8) is 0 Å². The Balaban J connectivity index is 2.68. The highest BCUT2D eigenvalue weighted by Crippen LogP contribution is 2.44. The van der Waals surface area contributed by atoms with E-state index in [9.17, 15) is 4.79 Å². The minimum atomic E-state index is -0.169. The van der Waals surface area contributed by atoms with Gasteiger partial charge in [-0.2, -0.15) is 0 Å². The molecule has 0 radical (unpaired) electrons. The Labute approximate surface area is 110 Å². The van der Waals surface area contributed by atoms with E-state index in [1.54, 1.807) is 0 Å². The number of ether oxygens (including phenoxy) is 1. The van der Waals surface area contributed by atoms with Gasteiger partial charge in [-0.3, -0.25) is 0 Å². The van der Waals surface area contributed by atoms with Crippen LogP contribution in [0.1, 0.15) is 36.1 Å². The zero-order valence-electron chi connectivity index (χ0n) is 10.7. The lowest BCUT2D eigenvalue weighted by Gasteiger charge is -2.18. The number of hydrogen-bond donors (Lipinski definition) is 0. The van der Waals surface area contributed by atoms with Gasteiger partial charge in [0.15, 0.2) is 0 Å². The molecule has 0 saturated heterocycles. The third-order valence-electron chi connectivity index (χ3n) is 3.38. The molecule has 0 fully saturated rings. The number of aldehydes is 1. The highest BCUT2D eigenvalue weighted by atomic mass is 79.9. The largest absolute Gasteiger partial charge is 0.487 e. The lowest BCUT2D eigenvalue weighted by molar-refractivity contribution is -0.107. The molecular formula is C14H17BrO2. The van der Waals surface area contributed by atoms with Gasteiger partial charge in [-0.1, -0.05) is 15.9 Å². The van der Waals surface area contributed by atoms with Gasteiger partial charge in [0.2, 0.25) is 0 Å². The third kappa shape index (κ3) is 2.01. The van der Waals surface area contributed by atoms with E-state index in [2.05, 4.69) is 36.7 Å². The van der Waals surface area contributed by atoms with Crippen LogP contribution in [0.4, 0.5) is 0 Å². The number of benzene rings is 1. The molecule has 0 atom stereocenters. The smallest absolute Gasteiger partial charge is 0.127 e. The van der Waals surface area contributed by atoms with Crippen LogP contribution in [-0.4, -0.2) is 11.9 Å². The molecule has 1 aliphatic rings. The summed E-state index contributed by atoms with van der Waals surface area (Å²) in [6.45, 7) is 8.30. The quantitative estimate of drug-likeness (QED) is 0.781. The molecule has 17 heavy (non-hydrogen) atoms. The summed E-state index contributed by atoms with van der Waals surface area (Å²) in [6, 6.07) is 0. The van der Waals surface area contributed by atoms with Gasteiger partial charge in [-0.15, -0.1) is 0 Å². The molecule has 92 valence electrons. The molecule has 0 saturated carbocycles. The average Bonchev–Trinajstić information content (AvgIpc) is 2.57. The second-order valence-corrected chi connectivity index (χ2v) is 6.05. The molecule has 0 unspecified atom stereocenters. The predicted octanol–water partition coefficient (Wildman–Crippen LogP) is 3.52. The van der Waals surface area contributed by atoms with E-state index in [0.29, 0.717) is 6.42 Å². The highest BCUT2D eigenvalue weighted by Gasteiger charge is 2.34. The second-order valence-electron chi connectivity index (χ2n) is 5.26. The molecule has 0 N–H and O–H groups in total. The molecule has 1 heterocycles. The van der Waals surface area contributed by atoms with E-state index in [4.69, 9.17) is 4.74 Å². The Morgan fingerprint density at radius 1 is 1.35 bits per heavy atom. The van der Waals surface area contributed by atoms with Crippen LogP contribution in [0.2, 0.25) is 0 Å². The van der Waals surface area contributed by atoms with Gasteiger partial charge in [0.05, 0.1) is 0 Å². The van der Waals surface area contributed by atoms with Crippen LogP contribution in [0.5, 0.6) is 5.75 Å². The first-order valence-electron chi connectivity index (χ1n) is 5.80. The first-order valence-corrected chi connectivity index (χ1v) is 6.59. The van der Waals surface area contributed by atoms with E-state index in [-0.39, 0.29) is 5.60 Å². The first-order chi connectivity index (χ1) is 7.87. The van der Waals surface area contributed by atoms with Crippen molar-refractivity contribution >= 4 is 22.2 Å². The van der Waals surface area contributed by atoms with E-state index in [1.807, 2.05) is 6.92 Å². The maximum absolute atomic E-state index is 10.8. The van der Waals surface area contributed by atoms with Crippen molar-refractivity contribution in [2.75, 3.05) is 0 Å². The summed E-state index contributed by atoms with van der Waals surface area (Å²) in [7, 11) is 0. The lowest BCUT2D eigenvalue weighted by atomic mass is 9.93. The van der Waals surface area contributed by atoms with Gasteiger partial charge < -0.3 is 9.53 Å². The number of rotatable bonds is 2. The summed E-state index contributed by atoms with van der Waals surface area (Å²) in [5, 5.41) is 0. The fourth-order valence-electron chi connectivity index (χ4n) is 2.47. The summed E-state index contributed by atoms with van der Waals surface area (Å²) in [5.41, 5.74) is 4.45. The van der Waals surface area contributed by atoms with Gasteiger partial charge in [0.25, 0.3) is 0 Å². The van der Waals surface area contributed by atoms with Gasteiger partial charge in [0, 0.05) is 28.4 Å². The van der Waals surface area contributed by atoms with Crippen molar-refractivity contribution in [1.82, 2.24) is 0 Å². The molecule has 0 spiro atoms. The third-order valence-corrected chi connectivity index (χ3v) is 4.57. The molecule has 2 nitrogen and oxygen atoms in total. The van der Waals surface area contributed by atoms with Crippen LogP contribution in [0.15, 0.2) is 4.47 Å². The van der Waals surface area contributed by atoms with Crippen LogP contribution in [0, 0.1) is 13.8 Å². The van der Waals surface area contributed by atoms with Crippen molar-refractivity contribution < 1.29 is 9.53 Å². The summed E-state index contributed by atoms with van der Waals surface area (Å²) in [5.74, 6) is 0.931. The molecule has 3 heteroatoms. The number of fused-ring (bicyclic) bond motifs is 1. The van der Waals surface area contributed by atoms with Crippen molar-refractivity contribution in [2.24, 2.45) is 0 Å². The van der Waals surface area contributed by atoms with Gasteiger partial charge >= 0.3 is 0 Å². The van der Waals surface area contributed by atoms with Gasteiger partial charge in [-0.05, 0) is 38.8 Å². The first kappa shape index (κ1) is 12.6. The maximum Gasteiger partial charge on any atom is 0.127 e. The second kappa shape index (κ2) is 4.13. The standard InChI is InChI=1S/C14H17BrO2/c1-8-10(5-6-16)13-11(9(2)12(8)15)7-14(3,4)17-13/h6H,5,7H2,1-4H3. The fraction of sp³-hybridized carbons (Fsp3) is 0.500. The molecule has 1 aromatic carbocycles. The van der Waals surface area contributed by atoms with Gasteiger partial charge in [0.1, 0.15) is 17.6 Å². The Morgan fingerprint density at radius 3 is 2.59 bits per heavy atom. The van der Waals surface area contributed by atoms with E-state index in [1.165, 1.54) is 11.1 Å². The minimum Gasteiger partial charge on any atom is -0.487 e.